The normalized spacial score (nSPS) is 11.9. The topological polar surface area (TPSA) is 127 Å². The maximum Gasteiger partial charge on any atom is 0.573 e. The molecule has 4 rings (SSSR count). The van der Waals surface area contributed by atoms with Gasteiger partial charge < -0.3 is 19.5 Å². The van der Waals surface area contributed by atoms with E-state index in [1.807, 2.05) is 6.92 Å². The molecule has 0 spiro atoms. The number of aromatic nitrogens is 4. The predicted molar refractivity (Wildman–Crippen MR) is 146 cm³/mol. The molecule has 0 aliphatic rings. The van der Waals surface area contributed by atoms with Gasteiger partial charge in [-0.15, -0.1) is 13.2 Å². The van der Waals surface area contributed by atoms with Crippen LogP contribution in [-0.4, -0.2) is 67.6 Å². The highest BCUT2D eigenvalue weighted by Gasteiger charge is 2.31. The molecule has 0 saturated carbocycles. The van der Waals surface area contributed by atoms with E-state index in [4.69, 9.17) is 13.7 Å². The SMILES string of the molecule is Cc1ccc(S(=O)(=O)OCCOCCOCCn2cc(-c3cc(Nc4ccc(OC(F)(F)F)cc4)ncn3)cn2)cc1. The summed E-state index contributed by atoms with van der Waals surface area (Å²) in [7, 11) is -3.82. The molecule has 0 aliphatic carbocycles. The molecule has 2 aromatic carbocycles. The van der Waals surface area contributed by atoms with E-state index in [2.05, 4.69) is 25.1 Å². The van der Waals surface area contributed by atoms with Crippen molar-refractivity contribution in [3.8, 4) is 17.0 Å². The van der Waals surface area contributed by atoms with Crippen molar-refractivity contribution < 1.29 is 40.0 Å². The largest absolute Gasteiger partial charge is 0.573 e. The second-order valence-corrected chi connectivity index (χ2v) is 10.4. The van der Waals surface area contributed by atoms with Crippen LogP contribution in [-0.2, 0) is 30.3 Å². The van der Waals surface area contributed by atoms with Crippen molar-refractivity contribution in [2.75, 3.05) is 38.4 Å². The average molecular weight is 608 g/mol. The van der Waals surface area contributed by atoms with E-state index in [9.17, 15) is 21.6 Å². The van der Waals surface area contributed by atoms with Crippen LogP contribution in [0.2, 0.25) is 0 Å². The van der Waals surface area contributed by atoms with Gasteiger partial charge in [-0.05, 0) is 43.3 Å². The second-order valence-electron chi connectivity index (χ2n) is 8.79. The maximum atomic E-state index is 12.3. The van der Waals surface area contributed by atoms with Crippen LogP contribution in [0.3, 0.4) is 0 Å². The van der Waals surface area contributed by atoms with Gasteiger partial charge in [0.05, 0.1) is 56.4 Å². The van der Waals surface area contributed by atoms with Crippen LogP contribution in [0.15, 0.2) is 78.2 Å². The van der Waals surface area contributed by atoms with Crippen LogP contribution in [0.5, 0.6) is 5.75 Å². The summed E-state index contributed by atoms with van der Waals surface area (Å²) in [6.07, 6.45) is 0.0427. The third kappa shape index (κ3) is 9.80. The monoisotopic (exact) mass is 607 g/mol. The van der Waals surface area contributed by atoms with Crippen LogP contribution in [0.25, 0.3) is 11.3 Å². The Balaban J connectivity index is 1.14. The number of aryl methyl sites for hydroxylation is 1. The summed E-state index contributed by atoms with van der Waals surface area (Å²) in [6.45, 7) is 3.29. The fourth-order valence-corrected chi connectivity index (χ4v) is 4.44. The average Bonchev–Trinajstić information content (AvgIpc) is 3.42. The minimum absolute atomic E-state index is 0.0992. The van der Waals surface area contributed by atoms with E-state index in [0.29, 0.717) is 37.0 Å². The molecule has 2 aromatic heterocycles. The molecule has 0 saturated heterocycles. The number of ether oxygens (including phenoxy) is 3. The molecule has 0 amide bonds. The van der Waals surface area contributed by atoms with Crippen molar-refractivity contribution in [2.45, 2.75) is 24.7 Å². The Labute approximate surface area is 240 Å². The Bertz CT molecular complexity index is 1530. The van der Waals surface area contributed by atoms with Crippen molar-refractivity contribution in [1.82, 2.24) is 19.7 Å². The van der Waals surface area contributed by atoms with E-state index in [0.717, 1.165) is 11.1 Å². The van der Waals surface area contributed by atoms with Crippen molar-refractivity contribution in [3.63, 3.8) is 0 Å². The van der Waals surface area contributed by atoms with E-state index in [1.54, 1.807) is 35.3 Å². The maximum absolute atomic E-state index is 12.3. The molecule has 0 radical (unpaired) electrons. The summed E-state index contributed by atoms with van der Waals surface area (Å²) in [5.41, 5.74) is 2.80. The number of rotatable bonds is 15. The van der Waals surface area contributed by atoms with Crippen LogP contribution in [0, 0.1) is 6.92 Å². The molecule has 42 heavy (non-hydrogen) atoms. The number of nitrogens with zero attached hydrogens (tertiary/aromatic N) is 4. The van der Waals surface area contributed by atoms with E-state index < -0.39 is 16.5 Å². The van der Waals surface area contributed by atoms with Crippen LogP contribution < -0.4 is 10.1 Å². The lowest BCUT2D eigenvalue weighted by atomic mass is 10.2. The zero-order chi connectivity index (χ0) is 30.0. The summed E-state index contributed by atoms with van der Waals surface area (Å²) in [5.74, 6) is 0.121. The Kier molecular flexibility index (Phi) is 10.5. The molecule has 1 N–H and O–H groups in total. The molecule has 0 atom stereocenters. The summed E-state index contributed by atoms with van der Waals surface area (Å²) in [4.78, 5) is 8.50. The second kappa shape index (κ2) is 14.2. The third-order valence-electron chi connectivity index (χ3n) is 5.57. The molecular formula is C27H28F3N5O6S. The molecular weight excluding hydrogens is 579 g/mol. The number of nitrogens with one attached hydrogen (secondary N) is 1. The van der Waals surface area contributed by atoms with Gasteiger partial charge in [0, 0.05) is 23.5 Å². The molecule has 11 nitrogen and oxygen atoms in total. The number of alkyl halides is 3. The summed E-state index contributed by atoms with van der Waals surface area (Å²) >= 11 is 0. The van der Waals surface area contributed by atoms with Crippen LogP contribution >= 0.6 is 0 Å². The number of hydrogen-bond acceptors (Lipinski definition) is 10. The van der Waals surface area contributed by atoms with Gasteiger partial charge >= 0.3 is 6.36 Å². The molecule has 0 bridgehead atoms. The van der Waals surface area contributed by atoms with Gasteiger partial charge in [0.15, 0.2) is 0 Å². The minimum atomic E-state index is -4.76. The predicted octanol–water partition coefficient (Wildman–Crippen LogP) is 4.73. The van der Waals surface area contributed by atoms with Crippen molar-refractivity contribution in [1.29, 1.82) is 0 Å². The zero-order valence-electron chi connectivity index (χ0n) is 22.5. The van der Waals surface area contributed by atoms with Crippen molar-refractivity contribution >= 4 is 21.6 Å². The number of halogens is 3. The molecule has 15 heteroatoms. The number of hydrogen-bond donors (Lipinski definition) is 1. The highest BCUT2D eigenvalue weighted by molar-refractivity contribution is 7.86. The van der Waals surface area contributed by atoms with Gasteiger partial charge in [0.2, 0.25) is 0 Å². The highest BCUT2D eigenvalue weighted by Crippen LogP contribution is 2.26. The smallest absolute Gasteiger partial charge is 0.406 e. The zero-order valence-corrected chi connectivity index (χ0v) is 23.3. The van der Waals surface area contributed by atoms with Gasteiger partial charge in [-0.2, -0.15) is 13.5 Å². The van der Waals surface area contributed by atoms with E-state index in [-0.39, 0.29) is 30.5 Å². The summed E-state index contributed by atoms with van der Waals surface area (Å²) < 4.78 is 82.7. The molecule has 2 heterocycles. The highest BCUT2D eigenvalue weighted by atomic mass is 32.2. The summed E-state index contributed by atoms with van der Waals surface area (Å²) in [5, 5.41) is 7.31. The first-order valence-electron chi connectivity index (χ1n) is 12.7. The van der Waals surface area contributed by atoms with E-state index in [1.165, 1.54) is 42.7 Å². The minimum Gasteiger partial charge on any atom is -0.406 e. The van der Waals surface area contributed by atoms with Crippen molar-refractivity contribution in [2.24, 2.45) is 0 Å². The Morgan fingerprint density at radius 2 is 1.60 bits per heavy atom. The fraction of sp³-hybridized carbons (Fsp3) is 0.296. The van der Waals surface area contributed by atoms with Crippen LogP contribution in [0.4, 0.5) is 24.7 Å². The Morgan fingerprint density at radius 1 is 0.905 bits per heavy atom. The van der Waals surface area contributed by atoms with Gasteiger partial charge in [-0.25, -0.2) is 9.97 Å². The van der Waals surface area contributed by atoms with E-state index >= 15 is 0 Å². The lowest BCUT2D eigenvalue weighted by Crippen LogP contribution is -2.16. The third-order valence-corrected chi connectivity index (χ3v) is 6.90. The van der Waals surface area contributed by atoms with Gasteiger partial charge in [0.1, 0.15) is 17.9 Å². The first kappa shape index (κ1) is 30.9. The van der Waals surface area contributed by atoms with Crippen molar-refractivity contribution in [3.05, 3.63) is 78.9 Å². The van der Waals surface area contributed by atoms with Gasteiger partial charge in [0.25, 0.3) is 10.1 Å². The Morgan fingerprint density at radius 3 is 2.31 bits per heavy atom. The molecule has 224 valence electrons. The first-order valence-corrected chi connectivity index (χ1v) is 14.1. The standard InChI is InChI=1S/C27H28F3N5O6S/c1-20-2-8-24(9-3-20)42(36,37)40-15-14-39-13-12-38-11-10-35-18-21(17-33-35)25-16-26(32-19-31-25)34-22-4-6-23(7-5-22)41-27(28,29)30/h2-9,16-19H,10-15H2,1H3,(H,31,32,34). The quantitative estimate of drug-likeness (QED) is 0.150. The number of anilines is 2. The fourth-order valence-electron chi connectivity index (χ4n) is 3.55. The summed E-state index contributed by atoms with van der Waals surface area (Å²) in [6, 6.07) is 13.4. The first-order chi connectivity index (χ1) is 20.1. The lowest BCUT2D eigenvalue weighted by Gasteiger charge is -2.10. The van der Waals surface area contributed by atoms with Crippen LogP contribution in [0.1, 0.15) is 5.56 Å². The molecule has 4 aromatic rings. The number of benzene rings is 2. The van der Waals surface area contributed by atoms with Gasteiger partial charge in [-0.3, -0.25) is 8.86 Å². The Hall–Kier alpha value is -4.05. The van der Waals surface area contributed by atoms with Gasteiger partial charge in [-0.1, -0.05) is 17.7 Å². The molecule has 0 unspecified atom stereocenters. The lowest BCUT2D eigenvalue weighted by molar-refractivity contribution is -0.274. The molecule has 0 aliphatic heterocycles. The molecule has 0 fully saturated rings.